The van der Waals surface area contributed by atoms with Gasteiger partial charge in [-0.1, -0.05) is 0 Å². The van der Waals surface area contributed by atoms with Gasteiger partial charge in [-0.25, -0.2) is 0 Å². The molecule has 1 rings (SSSR count). The van der Waals surface area contributed by atoms with Gasteiger partial charge in [0.05, 0.1) is 0 Å². The third-order valence-corrected chi connectivity index (χ3v) is 1.08. The van der Waals surface area contributed by atoms with Crippen LogP contribution < -0.4 is 0 Å². The Morgan fingerprint density at radius 1 is 1.82 bits per heavy atom. The number of aliphatic carboxylic acids is 1. The Morgan fingerprint density at radius 3 is 3.00 bits per heavy atom. The second kappa shape index (κ2) is 2.96. The van der Waals surface area contributed by atoms with E-state index in [-0.39, 0.29) is 12.2 Å². The normalized spacial score (nSPS) is 9.45. The van der Waals surface area contributed by atoms with Crippen molar-refractivity contribution < 1.29 is 14.7 Å². The van der Waals surface area contributed by atoms with Crippen LogP contribution >= 0.6 is 0 Å². The molecule has 0 aliphatic rings. The van der Waals surface area contributed by atoms with Crippen molar-refractivity contribution in [2.24, 2.45) is 0 Å². The molecule has 0 spiro atoms. The molecular weight excluding hydrogens is 148 g/mol. The van der Waals surface area contributed by atoms with Gasteiger partial charge in [-0.15, -0.1) is 0 Å². The number of aromatic nitrogens is 2. The van der Waals surface area contributed by atoms with Gasteiger partial charge in [-0.3, -0.25) is 14.3 Å². The van der Waals surface area contributed by atoms with Crippen molar-refractivity contribution in [3.63, 3.8) is 0 Å². The minimum Gasteiger partial charge on any atom is -0.480 e. The highest BCUT2D eigenvalue weighted by Gasteiger charge is 2.00. The van der Waals surface area contributed by atoms with Crippen molar-refractivity contribution in [1.82, 2.24) is 9.78 Å². The van der Waals surface area contributed by atoms with Gasteiger partial charge in [0.2, 0.25) is 0 Å². The van der Waals surface area contributed by atoms with Crippen LogP contribution in [0.4, 0.5) is 0 Å². The summed E-state index contributed by atoms with van der Waals surface area (Å²) in [5, 5.41) is 11.9. The van der Waals surface area contributed by atoms with E-state index >= 15 is 0 Å². The molecule has 0 atom stereocenters. The van der Waals surface area contributed by atoms with E-state index in [0.717, 1.165) is 0 Å². The van der Waals surface area contributed by atoms with E-state index in [2.05, 4.69) is 5.10 Å². The number of carboxylic acid groups (broad SMARTS) is 1. The molecule has 1 aromatic rings. The van der Waals surface area contributed by atoms with Crippen LogP contribution in [0.5, 0.6) is 0 Å². The second-order valence-corrected chi connectivity index (χ2v) is 1.95. The molecule has 5 heteroatoms. The van der Waals surface area contributed by atoms with Gasteiger partial charge in [0, 0.05) is 6.20 Å². The maximum absolute atomic E-state index is 10.1. The molecule has 0 aliphatic heterocycles. The maximum Gasteiger partial charge on any atom is 0.325 e. The van der Waals surface area contributed by atoms with Crippen LogP contribution in [-0.2, 0) is 11.3 Å². The van der Waals surface area contributed by atoms with E-state index < -0.39 is 5.97 Å². The monoisotopic (exact) mass is 154 g/mol. The van der Waals surface area contributed by atoms with Crippen molar-refractivity contribution in [2.45, 2.75) is 6.54 Å². The quantitative estimate of drug-likeness (QED) is 0.611. The Kier molecular flexibility index (Phi) is 2.00. The first kappa shape index (κ1) is 7.46. The first-order chi connectivity index (χ1) is 5.22. The number of hydrogen-bond donors (Lipinski definition) is 1. The fraction of sp³-hybridized carbons (Fsp3) is 0.167. The average Bonchev–Trinajstić information content (AvgIpc) is 2.34. The summed E-state index contributed by atoms with van der Waals surface area (Å²) in [7, 11) is 0. The number of carbonyl (C=O) groups excluding carboxylic acids is 1. The van der Waals surface area contributed by atoms with Gasteiger partial charge in [0.15, 0.2) is 6.29 Å². The van der Waals surface area contributed by atoms with Crippen molar-refractivity contribution in [3.05, 3.63) is 18.0 Å². The first-order valence-electron chi connectivity index (χ1n) is 2.93. The van der Waals surface area contributed by atoms with Gasteiger partial charge < -0.3 is 5.11 Å². The Hall–Kier alpha value is -1.65. The molecule has 58 valence electrons. The Labute approximate surface area is 62.3 Å². The summed E-state index contributed by atoms with van der Waals surface area (Å²) < 4.78 is 1.19. The van der Waals surface area contributed by atoms with Crippen LogP contribution in [0, 0.1) is 0 Å². The Balaban J connectivity index is 2.72. The molecule has 0 unspecified atom stereocenters. The van der Waals surface area contributed by atoms with Crippen LogP contribution in [0.25, 0.3) is 0 Å². The lowest BCUT2D eigenvalue weighted by Crippen LogP contribution is -2.09. The molecule has 0 saturated carbocycles. The fourth-order valence-corrected chi connectivity index (χ4v) is 0.667. The summed E-state index contributed by atoms with van der Waals surface area (Å²) in [4.78, 5) is 20.2. The van der Waals surface area contributed by atoms with E-state index in [1.54, 1.807) is 0 Å². The zero-order valence-corrected chi connectivity index (χ0v) is 5.60. The number of carbonyl (C=O) groups is 2. The number of nitrogens with zero attached hydrogens (tertiary/aromatic N) is 2. The molecule has 0 amide bonds. The van der Waals surface area contributed by atoms with Crippen molar-refractivity contribution in [1.29, 1.82) is 0 Å². The molecule has 11 heavy (non-hydrogen) atoms. The molecular formula is C6H6N2O3. The number of carboxylic acids is 1. The van der Waals surface area contributed by atoms with Gasteiger partial charge >= 0.3 is 5.97 Å². The summed E-state index contributed by atoms with van der Waals surface area (Å²) in [6.45, 7) is -0.214. The van der Waals surface area contributed by atoms with E-state index in [0.29, 0.717) is 6.29 Å². The van der Waals surface area contributed by atoms with E-state index in [1.165, 1.54) is 16.9 Å². The Bertz CT molecular complexity index is 279. The molecule has 1 heterocycles. The minimum absolute atomic E-state index is 0.214. The fourth-order valence-electron chi connectivity index (χ4n) is 0.667. The lowest BCUT2D eigenvalue weighted by atomic mass is 10.5. The third kappa shape index (κ3) is 1.89. The van der Waals surface area contributed by atoms with Crippen LogP contribution in [0.3, 0.4) is 0 Å². The molecule has 5 nitrogen and oxygen atoms in total. The van der Waals surface area contributed by atoms with Gasteiger partial charge in [0.1, 0.15) is 12.2 Å². The molecule has 1 N–H and O–H groups in total. The predicted molar refractivity (Wildman–Crippen MR) is 35.3 cm³/mol. The van der Waals surface area contributed by atoms with Crippen LogP contribution in [0.2, 0.25) is 0 Å². The second-order valence-electron chi connectivity index (χ2n) is 1.95. The standard InChI is InChI=1S/C6H6N2O3/c9-4-5-1-2-8(7-5)3-6(10)11/h1-2,4H,3H2,(H,10,11). The first-order valence-corrected chi connectivity index (χ1v) is 2.93. The van der Waals surface area contributed by atoms with Crippen molar-refractivity contribution >= 4 is 12.3 Å². The van der Waals surface area contributed by atoms with Gasteiger partial charge in [-0.2, -0.15) is 5.10 Å². The van der Waals surface area contributed by atoms with E-state index in [4.69, 9.17) is 5.11 Å². The highest BCUT2D eigenvalue weighted by Crippen LogP contribution is 1.90. The molecule has 0 radical (unpaired) electrons. The van der Waals surface area contributed by atoms with Crippen LogP contribution in [-0.4, -0.2) is 27.1 Å². The van der Waals surface area contributed by atoms with Gasteiger partial charge in [0.25, 0.3) is 0 Å². The molecule has 0 aliphatic carbocycles. The van der Waals surface area contributed by atoms with Crippen LogP contribution in [0.15, 0.2) is 12.3 Å². The largest absolute Gasteiger partial charge is 0.480 e. The number of hydrogen-bond acceptors (Lipinski definition) is 3. The number of rotatable bonds is 3. The predicted octanol–water partition coefficient (Wildman–Crippen LogP) is -0.220. The smallest absolute Gasteiger partial charge is 0.325 e. The van der Waals surface area contributed by atoms with Crippen molar-refractivity contribution in [3.8, 4) is 0 Å². The summed E-state index contributed by atoms with van der Waals surface area (Å²) in [6.07, 6.45) is 2.01. The SMILES string of the molecule is O=Cc1ccn(CC(=O)O)n1. The molecule has 0 fully saturated rings. The topological polar surface area (TPSA) is 72.2 Å². The summed E-state index contributed by atoms with van der Waals surface area (Å²) in [5.41, 5.74) is 0.242. The molecule has 0 saturated heterocycles. The van der Waals surface area contributed by atoms with Gasteiger partial charge in [-0.05, 0) is 6.07 Å². The zero-order chi connectivity index (χ0) is 8.27. The average molecular weight is 154 g/mol. The lowest BCUT2D eigenvalue weighted by Gasteiger charge is -1.92. The summed E-state index contributed by atoms with van der Waals surface area (Å²) in [6, 6.07) is 1.45. The molecule has 0 aromatic carbocycles. The minimum atomic E-state index is -0.981. The van der Waals surface area contributed by atoms with E-state index in [1.807, 2.05) is 0 Å². The third-order valence-electron chi connectivity index (χ3n) is 1.08. The van der Waals surface area contributed by atoms with E-state index in [9.17, 15) is 9.59 Å². The summed E-state index contributed by atoms with van der Waals surface area (Å²) in [5.74, 6) is -0.981. The molecule has 1 aromatic heterocycles. The molecule has 0 bridgehead atoms. The van der Waals surface area contributed by atoms with Crippen LogP contribution in [0.1, 0.15) is 10.5 Å². The number of aldehydes is 1. The van der Waals surface area contributed by atoms with Crippen molar-refractivity contribution in [2.75, 3.05) is 0 Å². The lowest BCUT2D eigenvalue weighted by molar-refractivity contribution is -0.137. The highest BCUT2D eigenvalue weighted by molar-refractivity contribution is 5.71. The zero-order valence-electron chi connectivity index (χ0n) is 5.60. The maximum atomic E-state index is 10.1. The Morgan fingerprint density at radius 2 is 2.55 bits per heavy atom. The summed E-state index contributed by atoms with van der Waals surface area (Å²) >= 11 is 0. The highest BCUT2D eigenvalue weighted by atomic mass is 16.4.